The molecule has 2 heterocycles. The van der Waals surface area contributed by atoms with Crippen LogP contribution in [0.3, 0.4) is 0 Å². The lowest BCUT2D eigenvalue weighted by Gasteiger charge is -2.29. The minimum absolute atomic E-state index is 0.0173. The average molecular weight is 346 g/mol. The molecule has 1 aromatic heterocycles. The highest BCUT2D eigenvalue weighted by molar-refractivity contribution is 5.76. The topological polar surface area (TPSA) is 99.7 Å². The highest BCUT2D eigenvalue weighted by atomic mass is 16.6. The number of rotatable bonds is 5. The Balaban J connectivity index is 1.73. The second kappa shape index (κ2) is 6.80. The van der Waals surface area contributed by atoms with E-state index in [1.165, 1.54) is 17.1 Å². The summed E-state index contributed by atoms with van der Waals surface area (Å²) in [7, 11) is 3.16. The monoisotopic (exact) mass is 346 g/mol. The quantitative estimate of drug-likeness (QED) is 0.599. The summed E-state index contributed by atoms with van der Waals surface area (Å²) in [5, 5.41) is 10.7. The Morgan fingerprint density at radius 2 is 1.96 bits per heavy atom. The average Bonchev–Trinajstić information content (AvgIpc) is 3.08. The summed E-state index contributed by atoms with van der Waals surface area (Å²) in [4.78, 5) is 27.9. The van der Waals surface area contributed by atoms with Crippen LogP contribution >= 0.6 is 0 Å². The van der Waals surface area contributed by atoms with E-state index in [1.807, 2.05) is 12.1 Å². The molecule has 0 bridgehead atoms. The van der Waals surface area contributed by atoms with E-state index in [1.54, 1.807) is 19.1 Å². The summed E-state index contributed by atoms with van der Waals surface area (Å²) in [5.74, 6) is 0.911. The molecular weight excluding hydrogens is 328 g/mol. The van der Waals surface area contributed by atoms with Crippen LogP contribution in [0.1, 0.15) is 11.1 Å². The van der Waals surface area contributed by atoms with Crippen molar-refractivity contribution in [1.29, 1.82) is 0 Å². The summed E-state index contributed by atoms with van der Waals surface area (Å²) in [6.07, 6.45) is 3.26. The first kappa shape index (κ1) is 16.7. The Morgan fingerprint density at radius 3 is 2.56 bits per heavy atom. The summed E-state index contributed by atoms with van der Waals surface area (Å²) in [6.45, 7) is 1.06. The Morgan fingerprint density at radius 1 is 1.28 bits per heavy atom. The molecule has 0 fully saturated rings. The zero-order valence-corrected chi connectivity index (χ0v) is 14.0. The van der Waals surface area contributed by atoms with Gasteiger partial charge in [0.05, 0.1) is 14.2 Å². The number of imidazole rings is 1. The summed E-state index contributed by atoms with van der Waals surface area (Å²) >= 11 is 0. The Hall–Kier alpha value is -3.10. The van der Waals surface area contributed by atoms with Crippen LogP contribution in [0.2, 0.25) is 0 Å². The minimum atomic E-state index is -0.586. The Kier molecular flexibility index (Phi) is 4.55. The van der Waals surface area contributed by atoms with Crippen molar-refractivity contribution in [3.63, 3.8) is 0 Å². The van der Waals surface area contributed by atoms with Gasteiger partial charge < -0.3 is 29.1 Å². The highest BCUT2D eigenvalue weighted by Gasteiger charge is 2.23. The molecule has 132 valence electrons. The zero-order valence-electron chi connectivity index (χ0n) is 14.0. The van der Waals surface area contributed by atoms with Crippen molar-refractivity contribution in [2.45, 2.75) is 19.5 Å². The predicted octanol–water partition coefficient (Wildman–Crippen LogP) is 1.39. The number of methoxy groups -OCH3 is 2. The van der Waals surface area contributed by atoms with Gasteiger partial charge in [0.25, 0.3) is 0 Å². The van der Waals surface area contributed by atoms with Gasteiger partial charge in [0.2, 0.25) is 12.2 Å². The van der Waals surface area contributed by atoms with E-state index in [4.69, 9.17) is 9.47 Å². The maximum Gasteiger partial charge on any atom is 0.381 e. The van der Waals surface area contributed by atoms with Crippen LogP contribution in [0.4, 0.5) is 5.82 Å². The molecule has 1 aliphatic rings. The standard InChI is InChI=1S/C16H18N4O5/c1-24-13-5-11-3-4-19(7-12(11)6-14(13)25-2)16(21)9-18-8-15(17-10-18)20(22)23/h5-6,8,10H,3-4,7,9H2,1-2H3. The molecular formula is C16H18N4O5. The van der Waals surface area contributed by atoms with E-state index in [9.17, 15) is 14.9 Å². The molecule has 3 rings (SSSR count). The van der Waals surface area contributed by atoms with Crippen molar-refractivity contribution in [2.75, 3.05) is 20.8 Å². The molecule has 0 N–H and O–H groups in total. The van der Waals surface area contributed by atoms with Gasteiger partial charge in [-0.2, -0.15) is 0 Å². The summed E-state index contributed by atoms with van der Waals surface area (Å²) in [5.41, 5.74) is 2.13. The van der Waals surface area contributed by atoms with Gasteiger partial charge in [0.1, 0.15) is 12.7 Å². The Bertz CT molecular complexity index is 817. The van der Waals surface area contributed by atoms with Gasteiger partial charge in [-0.05, 0) is 39.6 Å². The number of ether oxygens (including phenoxy) is 2. The number of amides is 1. The lowest BCUT2D eigenvalue weighted by molar-refractivity contribution is -0.389. The number of hydrogen-bond acceptors (Lipinski definition) is 6. The van der Waals surface area contributed by atoms with Gasteiger partial charge >= 0.3 is 5.82 Å². The largest absolute Gasteiger partial charge is 0.493 e. The highest BCUT2D eigenvalue weighted by Crippen LogP contribution is 2.33. The van der Waals surface area contributed by atoms with Crippen molar-refractivity contribution in [3.8, 4) is 11.5 Å². The zero-order chi connectivity index (χ0) is 18.0. The molecule has 0 unspecified atom stereocenters. The molecule has 0 saturated carbocycles. The molecule has 0 radical (unpaired) electrons. The number of hydrogen-bond donors (Lipinski definition) is 0. The number of carbonyl (C=O) groups excluding carboxylic acids is 1. The fourth-order valence-electron chi connectivity index (χ4n) is 2.88. The maximum absolute atomic E-state index is 12.5. The maximum atomic E-state index is 12.5. The fraction of sp³-hybridized carbons (Fsp3) is 0.375. The van der Waals surface area contributed by atoms with Gasteiger partial charge in [-0.3, -0.25) is 4.79 Å². The van der Waals surface area contributed by atoms with Crippen LogP contribution in [0.15, 0.2) is 24.7 Å². The molecule has 0 saturated heterocycles. The second-order valence-electron chi connectivity index (χ2n) is 5.70. The van der Waals surface area contributed by atoms with Gasteiger partial charge in [-0.1, -0.05) is 0 Å². The normalized spacial score (nSPS) is 13.3. The van der Waals surface area contributed by atoms with Gasteiger partial charge in [0.15, 0.2) is 11.5 Å². The number of fused-ring (bicyclic) bond motifs is 1. The van der Waals surface area contributed by atoms with Crippen LogP contribution < -0.4 is 9.47 Å². The van der Waals surface area contributed by atoms with Crippen LogP contribution in [0.5, 0.6) is 11.5 Å². The molecule has 1 aliphatic heterocycles. The number of aromatic nitrogens is 2. The van der Waals surface area contributed by atoms with Gasteiger partial charge in [-0.15, -0.1) is 0 Å². The smallest absolute Gasteiger partial charge is 0.381 e. The van der Waals surface area contributed by atoms with Crippen LogP contribution in [0.25, 0.3) is 0 Å². The van der Waals surface area contributed by atoms with E-state index in [-0.39, 0.29) is 18.3 Å². The van der Waals surface area contributed by atoms with E-state index in [2.05, 4.69) is 4.98 Å². The predicted molar refractivity (Wildman–Crippen MR) is 87.5 cm³/mol. The van der Waals surface area contributed by atoms with Crippen molar-refractivity contribution >= 4 is 11.7 Å². The first-order chi connectivity index (χ1) is 12.0. The number of nitro groups is 1. The van der Waals surface area contributed by atoms with E-state index in [0.29, 0.717) is 31.0 Å². The molecule has 0 spiro atoms. The van der Waals surface area contributed by atoms with Crippen molar-refractivity contribution in [2.24, 2.45) is 0 Å². The van der Waals surface area contributed by atoms with Crippen molar-refractivity contribution < 1.29 is 19.2 Å². The van der Waals surface area contributed by atoms with Crippen molar-refractivity contribution in [3.05, 3.63) is 45.9 Å². The fourth-order valence-corrected chi connectivity index (χ4v) is 2.88. The lowest BCUT2D eigenvalue weighted by Crippen LogP contribution is -2.37. The minimum Gasteiger partial charge on any atom is -0.493 e. The Labute approximate surface area is 143 Å². The van der Waals surface area contributed by atoms with Gasteiger partial charge in [-0.25, -0.2) is 0 Å². The van der Waals surface area contributed by atoms with Crippen LogP contribution in [-0.2, 0) is 24.3 Å². The molecule has 2 aromatic rings. The molecule has 0 aliphatic carbocycles. The SMILES string of the molecule is COc1cc2c(cc1OC)CN(C(=O)Cn1cnc([N+](=O)[O-])c1)CC2. The molecule has 9 nitrogen and oxygen atoms in total. The first-order valence-electron chi connectivity index (χ1n) is 7.69. The lowest BCUT2D eigenvalue weighted by atomic mass is 9.98. The molecule has 1 amide bonds. The van der Waals surface area contributed by atoms with Crippen molar-refractivity contribution in [1.82, 2.24) is 14.5 Å². The van der Waals surface area contributed by atoms with E-state index in [0.717, 1.165) is 11.1 Å². The van der Waals surface area contributed by atoms with Crippen LogP contribution in [0, 0.1) is 10.1 Å². The molecule has 1 aromatic carbocycles. The van der Waals surface area contributed by atoms with E-state index >= 15 is 0 Å². The summed E-state index contributed by atoms with van der Waals surface area (Å²) < 4.78 is 12.0. The molecule has 25 heavy (non-hydrogen) atoms. The van der Waals surface area contributed by atoms with Gasteiger partial charge in [0, 0.05) is 13.1 Å². The third-order valence-electron chi connectivity index (χ3n) is 4.20. The number of carbonyl (C=O) groups is 1. The first-order valence-corrected chi connectivity index (χ1v) is 7.69. The van der Waals surface area contributed by atoms with E-state index < -0.39 is 4.92 Å². The third-order valence-corrected chi connectivity index (χ3v) is 4.20. The van der Waals surface area contributed by atoms with Crippen LogP contribution in [-0.4, -0.2) is 46.0 Å². The molecule has 9 heteroatoms. The summed E-state index contributed by atoms with van der Waals surface area (Å²) in [6, 6.07) is 3.82. The number of nitrogens with zero attached hydrogens (tertiary/aromatic N) is 4. The second-order valence-corrected chi connectivity index (χ2v) is 5.70. The number of benzene rings is 1. The third kappa shape index (κ3) is 3.39. The molecule has 0 atom stereocenters.